The maximum Gasteiger partial charge on any atom is 0.165 e. The van der Waals surface area contributed by atoms with Gasteiger partial charge in [0.25, 0.3) is 0 Å². The topological polar surface area (TPSA) is 31.9 Å². The SMILES string of the molecule is C[C@@H]1CCCC[C@@H]1N(C)c1c(F)cnc2[nH]ccc12. The normalized spacial score (nSPS) is 23.7. The summed E-state index contributed by atoms with van der Waals surface area (Å²) >= 11 is 0. The molecule has 4 heteroatoms. The minimum atomic E-state index is -0.229. The second kappa shape index (κ2) is 4.83. The number of anilines is 1. The van der Waals surface area contributed by atoms with Gasteiger partial charge in [-0.15, -0.1) is 0 Å². The van der Waals surface area contributed by atoms with Crippen molar-refractivity contribution in [3.05, 3.63) is 24.3 Å². The summed E-state index contributed by atoms with van der Waals surface area (Å²) in [6.45, 7) is 2.27. The molecule has 0 amide bonds. The van der Waals surface area contributed by atoms with Crippen molar-refractivity contribution in [2.24, 2.45) is 5.92 Å². The van der Waals surface area contributed by atoms with Gasteiger partial charge in [-0.2, -0.15) is 0 Å². The molecule has 19 heavy (non-hydrogen) atoms. The monoisotopic (exact) mass is 261 g/mol. The van der Waals surface area contributed by atoms with Crippen LogP contribution in [0.25, 0.3) is 11.0 Å². The number of fused-ring (bicyclic) bond motifs is 1. The van der Waals surface area contributed by atoms with Gasteiger partial charge in [0.2, 0.25) is 0 Å². The van der Waals surface area contributed by atoms with E-state index >= 15 is 0 Å². The standard InChI is InChI=1S/C15H20FN3/c1-10-5-3-4-6-13(10)19(2)14-11-7-8-17-15(11)18-9-12(14)16/h7-10,13H,3-6H2,1-2H3,(H,17,18)/t10-,13+/m1/s1. The second-order valence-corrected chi connectivity index (χ2v) is 5.63. The van der Waals surface area contributed by atoms with E-state index in [9.17, 15) is 4.39 Å². The number of pyridine rings is 1. The molecule has 1 aliphatic carbocycles. The number of hydrogen-bond acceptors (Lipinski definition) is 2. The molecule has 1 fully saturated rings. The molecule has 102 valence electrons. The molecular formula is C15H20FN3. The van der Waals surface area contributed by atoms with E-state index in [-0.39, 0.29) is 5.82 Å². The Morgan fingerprint density at radius 1 is 1.37 bits per heavy atom. The van der Waals surface area contributed by atoms with Crippen LogP contribution in [0.5, 0.6) is 0 Å². The molecule has 2 atom stereocenters. The van der Waals surface area contributed by atoms with Crippen LogP contribution in [-0.2, 0) is 0 Å². The van der Waals surface area contributed by atoms with Crippen LogP contribution in [0.4, 0.5) is 10.1 Å². The van der Waals surface area contributed by atoms with E-state index in [1.807, 2.05) is 19.3 Å². The Morgan fingerprint density at radius 2 is 2.16 bits per heavy atom. The molecule has 0 spiro atoms. The predicted molar refractivity (Wildman–Crippen MR) is 75.9 cm³/mol. The Bertz CT molecular complexity index is 578. The summed E-state index contributed by atoms with van der Waals surface area (Å²) in [6.07, 6.45) is 8.05. The van der Waals surface area contributed by atoms with E-state index in [1.165, 1.54) is 25.5 Å². The maximum absolute atomic E-state index is 14.2. The number of aromatic nitrogens is 2. The molecule has 2 heterocycles. The number of nitrogens with one attached hydrogen (secondary N) is 1. The lowest BCUT2D eigenvalue weighted by molar-refractivity contribution is 0.320. The number of rotatable bonds is 2. The molecule has 1 N–H and O–H groups in total. The van der Waals surface area contributed by atoms with Crippen LogP contribution in [0.1, 0.15) is 32.6 Å². The molecule has 0 aromatic carbocycles. The molecule has 3 nitrogen and oxygen atoms in total. The van der Waals surface area contributed by atoms with Crippen LogP contribution < -0.4 is 4.90 Å². The van der Waals surface area contributed by atoms with E-state index in [2.05, 4.69) is 21.8 Å². The quantitative estimate of drug-likeness (QED) is 0.893. The first-order valence-electron chi connectivity index (χ1n) is 7.03. The fourth-order valence-electron chi connectivity index (χ4n) is 3.37. The van der Waals surface area contributed by atoms with E-state index < -0.39 is 0 Å². The summed E-state index contributed by atoms with van der Waals surface area (Å²) in [7, 11) is 2.01. The van der Waals surface area contributed by atoms with Gasteiger partial charge in [-0.1, -0.05) is 19.8 Å². The van der Waals surface area contributed by atoms with Gasteiger partial charge in [-0.25, -0.2) is 9.37 Å². The third-order valence-corrected chi connectivity index (χ3v) is 4.43. The Hall–Kier alpha value is -1.58. The van der Waals surface area contributed by atoms with Crippen LogP contribution >= 0.6 is 0 Å². The number of aromatic amines is 1. The number of nitrogens with zero attached hydrogens (tertiary/aromatic N) is 2. The molecule has 0 bridgehead atoms. The predicted octanol–water partition coefficient (Wildman–Crippen LogP) is 3.72. The first-order valence-corrected chi connectivity index (χ1v) is 7.03. The average molecular weight is 261 g/mol. The van der Waals surface area contributed by atoms with E-state index in [4.69, 9.17) is 0 Å². The van der Waals surface area contributed by atoms with Gasteiger partial charge in [-0.05, 0) is 24.8 Å². The summed E-state index contributed by atoms with van der Waals surface area (Å²) < 4.78 is 14.2. The maximum atomic E-state index is 14.2. The van der Waals surface area contributed by atoms with Crippen LogP contribution in [0.2, 0.25) is 0 Å². The minimum absolute atomic E-state index is 0.229. The van der Waals surface area contributed by atoms with Crippen molar-refractivity contribution in [1.29, 1.82) is 0 Å². The highest BCUT2D eigenvalue weighted by Gasteiger charge is 2.27. The third kappa shape index (κ3) is 2.09. The molecule has 1 saturated carbocycles. The Labute approximate surface area is 112 Å². The van der Waals surface area contributed by atoms with Crippen molar-refractivity contribution in [1.82, 2.24) is 9.97 Å². The highest BCUT2D eigenvalue weighted by molar-refractivity contribution is 5.90. The van der Waals surface area contributed by atoms with Crippen LogP contribution in [0.15, 0.2) is 18.5 Å². The Morgan fingerprint density at radius 3 is 2.95 bits per heavy atom. The first-order chi connectivity index (χ1) is 9.18. The van der Waals surface area contributed by atoms with Gasteiger partial charge in [0.05, 0.1) is 11.9 Å². The summed E-state index contributed by atoms with van der Waals surface area (Å²) in [5, 5.41) is 0.875. The number of hydrogen-bond donors (Lipinski definition) is 1. The van der Waals surface area contributed by atoms with Gasteiger partial charge in [0, 0.05) is 24.7 Å². The van der Waals surface area contributed by atoms with E-state index in [0.717, 1.165) is 17.5 Å². The highest BCUT2D eigenvalue weighted by Crippen LogP contribution is 2.34. The zero-order valence-corrected chi connectivity index (χ0v) is 11.5. The van der Waals surface area contributed by atoms with Crippen molar-refractivity contribution >= 4 is 16.7 Å². The fourth-order valence-corrected chi connectivity index (χ4v) is 3.37. The summed E-state index contributed by atoms with van der Waals surface area (Å²) in [5.74, 6) is 0.382. The molecule has 3 rings (SSSR count). The summed E-state index contributed by atoms with van der Waals surface area (Å²) in [6, 6.07) is 2.33. The first kappa shape index (κ1) is 12.5. The fraction of sp³-hybridized carbons (Fsp3) is 0.533. The lowest BCUT2D eigenvalue weighted by Gasteiger charge is -2.38. The van der Waals surface area contributed by atoms with Gasteiger partial charge < -0.3 is 9.88 Å². The highest BCUT2D eigenvalue weighted by atomic mass is 19.1. The van der Waals surface area contributed by atoms with E-state index in [0.29, 0.717) is 17.6 Å². The smallest absolute Gasteiger partial charge is 0.165 e. The summed E-state index contributed by atoms with van der Waals surface area (Å²) in [5.41, 5.74) is 1.44. The molecule has 2 aromatic rings. The molecule has 1 aliphatic rings. The second-order valence-electron chi connectivity index (χ2n) is 5.63. The zero-order chi connectivity index (χ0) is 13.4. The average Bonchev–Trinajstić information content (AvgIpc) is 2.86. The lowest BCUT2D eigenvalue weighted by Crippen LogP contribution is -2.39. The zero-order valence-electron chi connectivity index (χ0n) is 11.5. The van der Waals surface area contributed by atoms with Crippen molar-refractivity contribution < 1.29 is 4.39 Å². The van der Waals surface area contributed by atoms with E-state index in [1.54, 1.807) is 0 Å². The largest absolute Gasteiger partial charge is 0.368 e. The van der Waals surface area contributed by atoms with Crippen molar-refractivity contribution in [2.45, 2.75) is 38.6 Å². The lowest BCUT2D eigenvalue weighted by atomic mass is 9.85. The van der Waals surface area contributed by atoms with Crippen LogP contribution in [0.3, 0.4) is 0 Å². The number of halogens is 1. The third-order valence-electron chi connectivity index (χ3n) is 4.43. The van der Waals surface area contributed by atoms with Gasteiger partial charge in [-0.3, -0.25) is 0 Å². The molecule has 0 unspecified atom stereocenters. The van der Waals surface area contributed by atoms with Crippen molar-refractivity contribution in [3.63, 3.8) is 0 Å². The molecule has 0 radical (unpaired) electrons. The van der Waals surface area contributed by atoms with Crippen molar-refractivity contribution in [3.8, 4) is 0 Å². The van der Waals surface area contributed by atoms with Crippen molar-refractivity contribution in [2.75, 3.05) is 11.9 Å². The van der Waals surface area contributed by atoms with Gasteiger partial charge in [0.15, 0.2) is 5.82 Å². The van der Waals surface area contributed by atoms with Crippen LogP contribution in [0, 0.1) is 11.7 Å². The molecular weight excluding hydrogens is 241 g/mol. The van der Waals surface area contributed by atoms with Gasteiger partial charge in [0.1, 0.15) is 5.65 Å². The Balaban J connectivity index is 2.02. The molecule has 0 aliphatic heterocycles. The molecule has 2 aromatic heterocycles. The minimum Gasteiger partial charge on any atom is -0.368 e. The van der Waals surface area contributed by atoms with Crippen LogP contribution in [-0.4, -0.2) is 23.1 Å². The van der Waals surface area contributed by atoms with Gasteiger partial charge >= 0.3 is 0 Å². The molecule has 0 saturated heterocycles. The summed E-state index contributed by atoms with van der Waals surface area (Å²) in [4.78, 5) is 9.26. The Kier molecular flexibility index (Phi) is 3.17. The number of H-pyrrole nitrogens is 1.